The van der Waals surface area contributed by atoms with Gasteiger partial charge in [-0.1, -0.05) is 19.1 Å². The number of hydrogen-bond acceptors (Lipinski definition) is 5. The van der Waals surface area contributed by atoms with Crippen LogP contribution in [0.2, 0.25) is 0 Å². The summed E-state index contributed by atoms with van der Waals surface area (Å²) in [4.78, 5) is 9.41. The van der Waals surface area contributed by atoms with E-state index in [0.717, 1.165) is 74.3 Å². The van der Waals surface area contributed by atoms with Gasteiger partial charge < -0.3 is 19.8 Å². The Labute approximate surface area is 212 Å². The molecule has 1 aliphatic rings. The van der Waals surface area contributed by atoms with Crippen molar-refractivity contribution in [3.63, 3.8) is 0 Å². The number of ether oxygens (including phenoxy) is 1. The van der Waals surface area contributed by atoms with E-state index in [1.165, 1.54) is 5.56 Å². The van der Waals surface area contributed by atoms with Crippen LogP contribution in [0.4, 0.5) is 0 Å². The Morgan fingerprint density at radius 3 is 2.82 bits per heavy atom. The van der Waals surface area contributed by atoms with E-state index >= 15 is 0 Å². The molecule has 2 aromatic heterocycles. The molecule has 1 aromatic carbocycles. The highest BCUT2D eigenvalue weighted by atomic mass is 127. The van der Waals surface area contributed by atoms with Gasteiger partial charge in [0.25, 0.3) is 0 Å². The normalized spacial score (nSPS) is 15.5. The lowest BCUT2D eigenvalue weighted by atomic mass is 10.1. The SMILES string of the molecule is CCc1nc2n(n1)CC(NC(=NCCc1ccco1)NCCc1ccc(OC)cc1)CC2.I. The second kappa shape index (κ2) is 12.6. The lowest BCUT2D eigenvalue weighted by molar-refractivity contribution is 0.392. The Kier molecular flexibility index (Phi) is 9.59. The summed E-state index contributed by atoms with van der Waals surface area (Å²) < 4.78 is 12.7. The Morgan fingerprint density at radius 2 is 2.09 bits per heavy atom. The lowest BCUT2D eigenvalue weighted by Gasteiger charge is -2.25. The summed E-state index contributed by atoms with van der Waals surface area (Å²) in [5.41, 5.74) is 1.25. The van der Waals surface area contributed by atoms with E-state index in [-0.39, 0.29) is 30.0 Å². The number of aromatic nitrogens is 3. The monoisotopic (exact) mass is 564 g/mol. The van der Waals surface area contributed by atoms with Gasteiger partial charge in [-0.2, -0.15) is 5.10 Å². The molecule has 0 bridgehead atoms. The highest BCUT2D eigenvalue weighted by molar-refractivity contribution is 14.0. The van der Waals surface area contributed by atoms with E-state index in [1.807, 2.05) is 28.9 Å². The number of furan rings is 1. The number of methoxy groups -OCH3 is 1. The van der Waals surface area contributed by atoms with Gasteiger partial charge in [0.2, 0.25) is 0 Å². The van der Waals surface area contributed by atoms with Gasteiger partial charge in [0, 0.05) is 38.4 Å². The van der Waals surface area contributed by atoms with E-state index in [9.17, 15) is 0 Å². The van der Waals surface area contributed by atoms with Gasteiger partial charge in [-0.25, -0.2) is 9.67 Å². The Balaban J connectivity index is 0.00000306. The molecule has 0 amide bonds. The maximum atomic E-state index is 5.44. The smallest absolute Gasteiger partial charge is 0.191 e. The summed E-state index contributed by atoms with van der Waals surface area (Å²) in [6.07, 6.45) is 6.18. The zero-order valence-electron chi connectivity index (χ0n) is 19.3. The summed E-state index contributed by atoms with van der Waals surface area (Å²) in [5, 5.41) is 11.7. The van der Waals surface area contributed by atoms with Crippen molar-refractivity contribution in [1.29, 1.82) is 0 Å². The third kappa shape index (κ3) is 7.21. The van der Waals surface area contributed by atoms with E-state index in [1.54, 1.807) is 13.4 Å². The molecule has 178 valence electrons. The Bertz CT molecular complexity index is 1000. The minimum Gasteiger partial charge on any atom is -0.497 e. The highest BCUT2D eigenvalue weighted by Crippen LogP contribution is 2.14. The van der Waals surface area contributed by atoms with Crippen molar-refractivity contribution in [2.75, 3.05) is 20.2 Å². The summed E-state index contributed by atoms with van der Waals surface area (Å²) in [7, 11) is 1.68. The highest BCUT2D eigenvalue weighted by Gasteiger charge is 2.22. The molecular formula is C24H33IN6O2. The molecule has 0 saturated carbocycles. The van der Waals surface area contributed by atoms with Crippen molar-refractivity contribution in [2.24, 2.45) is 4.99 Å². The van der Waals surface area contributed by atoms with Crippen molar-refractivity contribution in [3.05, 3.63) is 65.6 Å². The van der Waals surface area contributed by atoms with Gasteiger partial charge in [0.1, 0.15) is 17.3 Å². The van der Waals surface area contributed by atoms with Gasteiger partial charge in [-0.15, -0.1) is 24.0 Å². The zero-order chi connectivity index (χ0) is 22.2. The molecule has 0 aliphatic carbocycles. The molecule has 3 heterocycles. The van der Waals surface area contributed by atoms with Gasteiger partial charge in [0.15, 0.2) is 11.8 Å². The number of fused-ring (bicyclic) bond motifs is 1. The molecule has 0 radical (unpaired) electrons. The molecule has 1 atom stereocenters. The van der Waals surface area contributed by atoms with Crippen molar-refractivity contribution in [2.45, 2.75) is 51.6 Å². The summed E-state index contributed by atoms with van der Waals surface area (Å²) in [5.74, 6) is 4.66. The van der Waals surface area contributed by atoms with Crippen molar-refractivity contribution >= 4 is 29.9 Å². The number of guanidine groups is 1. The van der Waals surface area contributed by atoms with Crippen LogP contribution in [0.3, 0.4) is 0 Å². The molecule has 0 spiro atoms. The quantitative estimate of drug-likeness (QED) is 0.235. The van der Waals surface area contributed by atoms with Gasteiger partial charge in [-0.3, -0.25) is 4.99 Å². The molecular weight excluding hydrogens is 531 g/mol. The average molecular weight is 564 g/mol. The fourth-order valence-electron chi connectivity index (χ4n) is 3.82. The number of halogens is 1. The van der Waals surface area contributed by atoms with Crippen LogP contribution in [-0.2, 0) is 32.2 Å². The van der Waals surface area contributed by atoms with Crippen molar-refractivity contribution < 1.29 is 9.15 Å². The molecule has 33 heavy (non-hydrogen) atoms. The van der Waals surface area contributed by atoms with Gasteiger partial charge in [0.05, 0.1) is 19.9 Å². The molecule has 4 rings (SSSR count). The summed E-state index contributed by atoms with van der Waals surface area (Å²) >= 11 is 0. The minimum absolute atomic E-state index is 0. The Hall–Kier alpha value is -2.56. The first kappa shape index (κ1) is 25.1. The number of hydrogen-bond donors (Lipinski definition) is 2. The van der Waals surface area contributed by atoms with Crippen LogP contribution < -0.4 is 15.4 Å². The number of benzene rings is 1. The number of aliphatic imine (C=N–C) groups is 1. The molecule has 2 N–H and O–H groups in total. The van der Waals surface area contributed by atoms with Crippen LogP contribution in [0.15, 0.2) is 52.1 Å². The molecule has 9 heteroatoms. The predicted octanol–water partition coefficient (Wildman–Crippen LogP) is 3.40. The van der Waals surface area contributed by atoms with Crippen molar-refractivity contribution in [1.82, 2.24) is 25.4 Å². The van der Waals surface area contributed by atoms with Crippen LogP contribution in [0.1, 0.15) is 36.3 Å². The molecule has 1 unspecified atom stereocenters. The van der Waals surface area contributed by atoms with Gasteiger partial charge >= 0.3 is 0 Å². The van der Waals surface area contributed by atoms with E-state index in [4.69, 9.17) is 14.1 Å². The average Bonchev–Trinajstić information content (AvgIpc) is 3.48. The second-order valence-electron chi connectivity index (χ2n) is 7.94. The maximum Gasteiger partial charge on any atom is 0.191 e. The molecule has 8 nitrogen and oxygen atoms in total. The van der Waals surface area contributed by atoms with Crippen molar-refractivity contribution in [3.8, 4) is 5.75 Å². The molecule has 0 fully saturated rings. The maximum absolute atomic E-state index is 5.44. The first-order valence-corrected chi connectivity index (χ1v) is 11.4. The number of rotatable bonds is 9. The summed E-state index contributed by atoms with van der Waals surface area (Å²) in [6, 6.07) is 12.3. The Morgan fingerprint density at radius 1 is 1.24 bits per heavy atom. The zero-order valence-corrected chi connectivity index (χ0v) is 21.6. The van der Waals surface area contributed by atoms with E-state index in [2.05, 4.69) is 39.8 Å². The number of aryl methyl sites for hydroxylation is 2. The number of nitrogens with one attached hydrogen (secondary N) is 2. The predicted molar refractivity (Wildman–Crippen MR) is 139 cm³/mol. The largest absolute Gasteiger partial charge is 0.497 e. The summed E-state index contributed by atoms with van der Waals surface area (Å²) in [6.45, 7) is 4.35. The van der Waals surface area contributed by atoms with Gasteiger partial charge in [-0.05, 0) is 42.7 Å². The topological polar surface area (TPSA) is 89.5 Å². The standard InChI is InChI=1S/C24H32N6O2.HI/c1-3-22-28-23-11-8-19(17-30(23)29-22)27-24(26-15-13-21-5-4-16-32-21)25-14-12-18-6-9-20(31-2)10-7-18;/h4-7,9-10,16,19H,3,8,11-15,17H2,1-2H3,(H2,25,26,27);1H. The molecule has 0 saturated heterocycles. The fraction of sp³-hybridized carbons (Fsp3) is 0.458. The number of nitrogens with zero attached hydrogens (tertiary/aromatic N) is 4. The second-order valence-corrected chi connectivity index (χ2v) is 7.94. The van der Waals surface area contributed by atoms with E-state index < -0.39 is 0 Å². The third-order valence-corrected chi connectivity index (χ3v) is 5.63. The first-order chi connectivity index (χ1) is 15.7. The fourth-order valence-corrected chi connectivity index (χ4v) is 3.82. The molecule has 3 aromatic rings. The van der Waals surface area contributed by atoms with E-state index in [0.29, 0.717) is 6.54 Å². The first-order valence-electron chi connectivity index (χ1n) is 11.4. The van der Waals surface area contributed by atoms with Crippen LogP contribution in [0.25, 0.3) is 0 Å². The van der Waals surface area contributed by atoms with Crippen LogP contribution in [-0.4, -0.2) is 47.0 Å². The van der Waals surface area contributed by atoms with Crippen LogP contribution in [0.5, 0.6) is 5.75 Å². The lowest BCUT2D eigenvalue weighted by Crippen LogP contribution is -2.47. The minimum atomic E-state index is 0. The van der Waals surface area contributed by atoms with Crippen LogP contribution >= 0.6 is 24.0 Å². The third-order valence-electron chi connectivity index (χ3n) is 5.63. The van der Waals surface area contributed by atoms with Crippen LogP contribution in [0, 0.1) is 0 Å². The molecule has 1 aliphatic heterocycles.